The lowest BCUT2D eigenvalue weighted by molar-refractivity contribution is 0.368. The molecule has 3 N–H and O–H groups in total. The molecule has 16 heavy (non-hydrogen) atoms. The Balaban J connectivity index is 2.52. The second kappa shape index (κ2) is 3.77. The van der Waals surface area contributed by atoms with E-state index in [1.807, 2.05) is 31.2 Å². The van der Waals surface area contributed by atoms with E-state index in [2.05, 4.69) is 0 Å². The maximum atomic E-state index is 9.39. The number of phenols is 3. The fraction of sp³-hybridized carbons (Fsp3) is 0.0769. The van der Waals surface area contributed by atoms with Crippen LogP contribution in [0.2, 0.25) is 0 Å². The number of phenolic OH excluding ortho intramolecular Hbond substituents is 3. The van der Waals surface area contributed by atoms with Gasteiger partial charge in [0.05, 0.1) is 0 Å². The Morgan fingerprint density at radius 2 is 1.25 bits per heavy atom. The normalized spacial score (nSPS) is 10.3. The van der Waals surface area contributed by atoms with Crippen molar-refractivity contribution in [3.05, 3.63) is 42.0 Å². The number of benzene rings is 2. The van der Waals surface area contributed by atoms with Crippen LogP contribution in [0.15, 0.2) is 36.4 Å². The van der Waals surface area contributed by atoms with E-state index in [4.69, 9.17) is 0 Å². The predicted octanol–water partition coefficient (Wildman–Crippen LogP) is 2.78. The van der Waals surface area contributed by atoms with Gasteiger partial charge < -0.3 is 15.3 Å². The molecule has 0 fully saturated rings. The first-order valence-electron chi connectivity index (χ1n) is 4.90. The first-order valence-corrected chi connectivity index (χ1v) is 4.90. The predicted molar refractivity (Wildman–Crippen MR) is 61.6 cm³/mol. The maximum absolute atomic E-state index is 9.39. The Bertz CT molecular complexity index is 492. The molecule has 0 amide bonds. The monoisotopic (exact) mass is 216 g/mol. The lowest BCUT2D eigenvalue weighted by atomic mass is 10.0. The van der Waals surface area contributed by atoms with Crippen molar-refractivity contribution >= 4 is 0 Å². The van der Waals surface area contributed by atoms with Crippen molar-refractivity contribution in [2.24, 2.45) is 0 Å². The molecular weight excluding hydrogens is 204 g/mol. The number of aryl methyl sites for hydroxylation is 1. The molecular formula is C13H12O3. The van der Waals surface area contributed by atoms with E-state index in [1.54, 1.807) is 0 Å². The molecule has 2 aromatic rings. The van der Waals surface area contributed by atoms with E-state index in [9.17, 15) is 15.3 Å². The first-order chi connectivity index (χ1) is 7.58. The van der Waals surface area contributed by atoms with Gasteiger partial charge in [-0.3, -0.25) is 0 Å². The van der Waals surface area contributed by atoms with Gasteiger partial charge in [0.1, 0.15) is 0 Å². The van der Waals surface area contributed by atoms with Crippen molar-refractivity contribution < 1.29 is 15.3 Å². The van der Waals surface area contributed by atoms with Crippen LogP contribution in [-0.4, -0.2) is 15.3 Å². The van der Waals surface area contributed by atoms with Crippen molar-refractivity contribution in [2.45, 2.75) is 6.92 Å². The maximum Gasteiger partial charge on any atom is 0.200 e. The van der Waals surface area contributed by atoms with Gasteiger partial charge in [-0.15, -0.1) is 0 Å². The van der Waals surface area contributed by atoms with E-state index >= 15 is 0 Å². The second-order valence-electron chi connectivity index (χ2n) is 3.73. The summed E-state index contributed by atoms with van der Waals surface area (Å²) in [5.41, 5.74) is 2.67. The zero-order valence-electron chi connectivity index (χ0n) is 8.81. The number of hydrogen-bond donors (Lipinski definition) is 3. The highest BCUT2D eigenvalue weighted by Crippen LogP contribution is 2.38. The number of hydrogen-bond acceptors (Lipinski definition) is 3. The van der Waals surface area contributed by atoms with Gasteiger partial charge in [0, 0.05) is 0 Å². The Morgan fingerprint density at radius 1 is 0.750 bits per heavy atom. The Labute approximate surface area is 93.2 Å². The summed E-state index contributed by atoms with van der Waals surface area (Å²) in [6.45, 7) is 1.98. The molecule has 0 aliphatic carbocycles. The molecule has 0 unspecified atom stereocenters. The van der Waals surface area contributed by atoms with Crippen molar-refractivity contribution in [2.75, 3.05) is 0 Å². The summed E-state index contributed by atoms with van der Waals surface area (Å²) in [6.07, 6.45) is 0. The molecule has 2 aromatic carbocycles. The highest BCUT2D eigenvalue weighted by molar-refractivity contribution is 5.70. The zero-order valence-corrected chi connectivity index (χ0v) is 8.81. The number of rotatable bonds is 1. The molecule has 0 aromatic heterocycles. The third-order valence-electron chi connectivity index (χ3n) is 2.45. The van der Waals surface area contributed by atoms with Crippen LogP contribution in [0.5, 0.6) is 17.2 Å². The average molecular weight is 216 g/mol. The second-order valence-corrected chi connectivity index (χ2v) is 3.73. The molecule has 3 heteroatoms. The summed E-state index contributed by atoms with van der Waals surface area (Å²) in [4.78, 5) is 0. The molecule has 3 nitrogen and oxygen atoms in total. The zero-order chi connectivity index (χ0) is 11.7. The highest BCUT2D eigenvalue weighted by Gasteiger charge is 2.08. The number of aromatic hydroxyl groups is 3. The van der Waals surface area contributed by atoms with Gasteiger partial charge in [-0.05, 0) is 30.2 Å². The topological polar surface area (TPSA) is 60.7 Å². The Morgan fingerprint density at radius 3 is 1.75 bits per heavy atom. The fourth-order valence-corrected chi connectivity index (χ4v) is 1.52. The first kappa shape index (κ1) is 10.4. The summed E-state index contributed by atoms with van der Waals surface area (Å²) in [5.74, 6) is -1.14. The third-order valence-corrected chi connectivity index (χ3v) is 2.45. The molecule has 2 rings (SSSR count). The van der Waals surface area contributed by atoms with Gasteiger partial charge >= 0.3 is 0 Å². The molecule has 0 aliphatic rings. The summed E-state index contributed by atoms with van der Waals surface area (Å²) in [5, 5.41) is 28.0. The minimum absolute atomic E-state index is 0.324. The van der Waals surface area contributed by atoms with E-state index in [1.165, 1.54) is 12.1 Å². The van der Waals surface area contributed by atoms with Crippen LogP contribution in [0.1, 0.15) is 5.56 Å². The van der Waals surface area contributed by atoms with Crippen LogP contribution < -0.4 is 0 Å². The SMILES string of the molecule is Cc1ccc(-c2cc(O)c(O)c(O)c2)cc1. The van der Waals surface area contributed by atoms with Crippen LogP contribution in [0.25, 0.3) is 11.1 Å². The van der Waals surface area contributed by atoms with Gasteiger partial charge in [-0.1, -0.05) is 29.8 Å². The van der Waals surface area contributed by atoms with Gasteiger partial charge in [0.25, 0.3) is 0 Å². The van der Waals surface area contributed by atoms with Crippen LogP contribution in [0.3, 0.4) is 0 Å². The van der Waals surface area contributed by atoms with Crippen LogP contribution in [-0.2, 0) is 0 Å². The van der Waals surface area contributed by atoms with Crippen molar-refractivity contribution in [3.8, 4) is 28.4 Å². The fourth-order valence-electron chi connectivity index (χ4n) is 1.52. The van der Waals surface area contributed by atoms with Crippen LogP contribution in [0, 0.1) is 6.92 Å². The lowest BCUT2D eigenvalue weighted by Gasteiger charge is -2.06. The van der Waals surface area contributed by atoms with E-state index < -0.39 is 5.75 Å². The summed E-state index contributed by atoms with van der Waals surface area (Å²) in [7, 11) is 0. The molecule has 0 spiro atoms. The van der Waals surface area contributed by atoms with Crippen LogP contribution in [0.4, 0.5) is 0 Å². The lowest BCUT2D eigenvalue weighted by Crippen LogP contribution is -1.80. The molecule has 82 valence electrons. The van der Waals surface area contributed by atoms with E-state index in [-0.39, 0.29) is 11.5 Å². The molecule has 0 saturated heterocycles. The minimum Gasteiger partial charge on any atom is -0.504 e. The van der Waals surface area contributed by atoms with Crippen molar-refractivity contribution in [1.82, 2.24) is 0 Å². The molecule has 0 heterocycles. The highest BCUT2D eigenvalue weighted by atomic mass is 16.3. The molecule has 0 radical (unpaired) electrons. The van der Waals surface area contributed by atoms with Crippen molar-refractivity contribution in [1.29, 1.82) is 0 Å². The van der Waals surface area contributed by atoms with Crippen molar-refractivity contribution in [3.63, 3.8) is 0 Å². The Kier molecular flexibility index (Phi) is 2.44. The molecule has 0 atom stereocenters. The molecule has 0 bridgehead atoms. The quantitative estimate of drug-likeness (QED) is 0.642. The summed E-state index contributed by atoms with van der Waals surface area (Å²) >= 11 is 0. The van der Waals surface area contributed by atoms with Gasteiger partial charge in [-0.25, -0.2) is 0 Å². The summed E-state index contributed by atoms with van der Waals surface area (Å²) in [6, 6.07) is 10.5. The molecule has 0 aliphatic heterocycles. The van der Waals surface area contributed by atoms with Gasteiger partial charge in [0.15, 0.2) is 17.2 Å². The molecule has 0 saturated carbocycles. The Hall–Kier alpha value is -2.16. The third kappa shape index (κ3) is 1.80. The average Bonchev–Trinajstić information content (AvgIpc) is 2.26. The summed E-state index contributed by atoms with van der Waals surface area (Å²) < 4.78 is 0. The van der Waals surface area contributed by atoms with Gasteiger partial charge in [-0.2, -0.15) is 0 Å². The smallest absolute Gasteiger partial charge is 0.200 e. The van der Waals surface area contributed by atoms with E-state index in [0.717, 1.165) is 11.1 Å². The minimum atomic E-state index is -0.490. The van der Waals surface area contributed by atoms with Gasteiger partial charge in [0.2, 0.25) is 0 Å². The standard InChI is InChI=1S/C13H12O3/c1-8-2-4-9(5-3-8)10-6-11(14)13(16)12(15)7-10/h2-7,14-16H,1H3. The largest absolute Gasteiger partial charge is 0.504 e. The van der Waals surface area contributed by atoms with Crippen LogP contribution >= 0.6 is 0 Å². The van der Waals surface area contributed by atoms with E-state index in [0.29, 0.717) is 5.56 Å².